The number of hydrogen-bond donors (Lipinski definition) is 0. The number of ketones is 1. The van der Waals surface area contributed by atoms with Crippen LogP contribution in [-0.2, 0) is 11.3 Å². The molecule has 0 N–H and O–H groups in total. The lowest BCUT2D eigenvalue weighted by Gasteiger charge is -2.27. The van der Waals surface area contributed by atoms with Gasteiger partial charge in [0.25, 0.3) is 0 Å². The van der Waals surface area contributed by atoms with Gasteiger partial charge in [-0.3, -0.25) is 9.36 Å². The van der Waals surface area contributed by atoms with Gasteiger partial charge in [-0.1, -0.05) is 23.4 Å². The average Bonchev–Trinajstić information content (AvgIpc) is 3.34. The fraction of sp³-hybridized carbons (Fsp3) is 0.409. The normalized spacial score (nSPS) is 14.2. The van der Waals surface area contributed by atoms with Gasteiger partial charge in [0.05, 0.1) is 24.0 Å². The Morgan fingerprint density at radius 3 is 2.66 bits per heavy atom. The summed E-state index contributed by atoms with van der Waals surface area (Å²) in [5.74, 6) is 0.593. The molecule has 170 valence electrons. The maximum atomic E-state index is 13.6. The van der Waals surface area contributed by atoms with E-state index in [1.54, 1.807) is 12.1 Å². The lowest BCUT2D eigenvalue weighted by molar-refractivity contribution is 0.102. The van der Waals surface area contributed by atoms with Gasteiger partial charge in [0.2, 0.25) is 5.95 Å². The summed E-state index contributed by atoms with van der Waals surface area (Å²) in [4.78, 5) is 15.2. The molecule has 10 heteroatoms. The van der Waals surface area contributed by atoms with Crippen LogP contribution in [0, 0.1) is 19.7 Å². The highest BCUT2D eigenvalue weighted by molar-refractivity contribution is 7.99. The molecule has 0 spiro atoms. The van der Waals surface area contributed by atoms with Gasteiger partial charge in [-0.15, -0.1) is 10.2 Å². The molecule has 0 saturated carbocycles. The first kappa shape index (κ1) is 22.8. The molecule has 0 unspecified atom stereocenters. The van der Waals surface area contributed by atoms with Crippen molar-refractivity contribution in [3.05, 3.63) is 52.1 Å². The minimum atomic E-state index is -0.470. The molecule has 0 atom stereocenters. The Labute approximate surface area is 195 Å². The van der Waals surface area contributed by atoms with Gasteiger partial charge < -0.3 is 14.2 Å². The first-order chi connectivity index (χ1) is 15.4. The summed E-state index contributed by atoms with van der Waals surface area (Å²) in [6, 6.07) is 6.41. The number of aryl methyl sites for hydroxylation is 1. The predicted molar refractivity (Wildman–Crippen MR) is 124 cm³/mol. The van der Waals surface area contributed by atoms with Crippen LogP contribution >= 0.6 is 23.4 Å². The van der Waals surface area contributed by atoms with Crippen LogP contribution in [0.5, 0.6) is 0 Å². The van der Waals surface area contributed by atoms with Crippen molar-refractivity contribution in [3.8, 4) is 5.69 Å². The summed E-state index contributed by atoms with van der Waals surface area (Å²) >= 11 is 7.34. The number of aromatic nitrogens is 4. The maximum absolute atomic E-state index is 13.6. The fourth-order valence-electron chi connectivity index (χ4n) is 3.94. The van der Waals surface area contributed by atoms with Gasteiger partial charge >= 0.3 is 0 Å². The summed E-state index contributed by atoms with van der Waals surface area (Å²) in [6.45, 7) is 9.46. The third kappa shape index (κ3) is 4.42. The van der Waals surface area contributed by atoms with Gasteiger partial charge in [0.1, 0.15) is 5.82 Å². The third-order valence-corrected chi connectivity index (χ3v) is 6.79. The highest BCUT2D eigenvalue weighted by Crippen LogP contribution is 2.27. The van der Waals surface area contributed by atoms with Crippen LogP contribution in [-0.4, -0.2) is 57.2 Å². The first-order valence-electron chi connectivity index (χ1n) is 10.5. The Kier molecular flexibility index (Phi) is 6.88. The second-order valence-corrected chi connectivity index (χ2v) is 8.91. The number of rotatable bonds is 7. The van der Waals surface area contributed by atoms with Crippen LogP contribution in [0.2, 0.25) is 5.02 Å². The van der Waals surface area contributed by atoms with E-state index in [9.17, 15) is 9.18 Å². The van der Waals surface area contributed by atoms with Crippen LogP contribution in [0.25, 0.3) is 5.69 Å². The molecule has 1 aromatic carbocycles. The van der Waals surface area contributed by atoms with E-state index in [-0.39, 0.29) is 16.6 Å². The SMILES string of the molecule is CCn1c(SCC(=O)c2cc(C)n(-c3ccc(F)c(Cl)c3)c2C)nnc1N1CCOCC1. The molecule has 1 aliphatic heterocycles. The van der Waals surface area contributed by atoms with Gasteiger partial charge in [0, 0.05) is 42.3 Å². The van der Waals surface area contributed by atoms with Crippen LogP contribution in [0.15, 0.2) is 29.4 Å². The van der Waals surface area contributed by atoms with Gasteiger partial charge in [-0.2, -0.15) is 0 Å². The van der Waals surface area contributed by atoms with E-state index < -0.39 is 5.82 Å². The fourth-order valence-corrected chi connectivity index (χ4v) is 4.99. The highest BCUT2D eigenvalue weighted by Gasteiger charge is 2.22. The van der Waals surface area contributed by atoms with Crippen LogP contribution in [0.4, 0.5) is 10.3 Å². The number of benzene rings is 1. The standard InChI is InChI=1S/C22H25ClFN5O2S/c1-4-28-21(27-7-9-31-10-8-27)25-26-22(28)32-13-20(30)17-11-14(2)29(15(17)3)16-5-6-19(24)18(23)12-16/h5-6,11-12H,4,7-10,13H2,1-3H3. The van der Waals surface area contributed by atoms with E-state index >= 15 is 0 Å². The Hall–Kier alpha value is -2.36. The maximum Gasteiger partial charge on any atom is 0.228 e. The molecule has 2 aromatic heterocycles. The number of thioether (sulfide) groups is 1. The second kappa shape index (κ2) is 9.64. The lowest BCUT2D eigenvalue weighted by Crippen LogP contribution is -2.38. The Balaban J connectivity index is 1.52. The summed E-state index contributed by atoms with van der Waals surface area (Å²) in [5.41, 5.74) is 3.02. The number of morpholine rings is 1. The monoisotopic (exact) mass is 477 g/mol. The van der Waals surface area contributed by atoms with Crippen LogP contribution < -0.4 is 4.90 Å². The molecule has 0 bridgehead atoms. The smallest absolute Gasteiger partial charge is 0.228 e. The van der Waals surface area contributed by atoms with Gasteiger partial charge in [0.15, 0.2) is 10.9 Å². The number of carbonyl (C=O) groups excluding carboxylic acids is 1. The van der Waals surface area contributed by atoms with Crippen molar-refractivity contribution >= 4 is 35.1 Å². The zero-order valence-electron chi connectivity index (χ0n) is 18.3. The average molecular weight is 478 g/mol. The first-order valence-corrected chi connectivity index (χ1v) is 11.8. The number of halogens is 2. The molecule has 7 nitrogen and oxygen atoms in total. The van der Waals surface area contributed by atoms with Crippen molar-refractivity contribution in [2.24, 2.45) is 0 Å². The van der Waals surface area contributed by atoms with E-state index in [1.807, 2.05) is 36.0 Å². The Morgan fingerprint density at radius 2 is 1.97 bits per heavy atom. The highest BCUT2D eigenvalue weighted by atomic mass is 35.5. The lowest BCUT2D eigenvalue weighted by atomic mass is 10.2. The number of carbonyl (C=O) groups is 1. The quantitative estimate of drug-likeness (QED) is 0.373. The molecule has 0 radical (unpaired) electrons. The predicted octanol–water partition coefficient (Wildman–Crippen LogP) is 4.31. The van der Waals surface area contributed by atoms with Gasteiger partial charge in [-0.25, -0.2) is 4.39 Å². The summed E-state index contributed by atoms with van der Waals surface area (Å²) < 4.78 is 22.9. The third-order valence-electron chi connectivity index (χ3n) is 5.53. The van der Waals surface area contributed by atoms with Crippen LogP contribution in [0.3, 0.4) is 0 Å². The summed E-state index contributed by atoms with van der Waals surface area (Å²) in [6.07, 6.45) is 0. The minimum absolute atomic E-state index is 0.00105. The molecule has 1 fully saturated rings. The topological polar surface area (TPSA) is 65.2 Å². The molecule has 0 aliphatic carbocycles. The van der Waals surface area contributed by atoms with Crippen molar-refractivity contribution in [1.82, 2.24) is 19.3 Å². The molecule has 32 heavy (non-hydrogen) atoms. The zero-order chi connectivity index (χ0) is 22.8. The molecule has 1 aliphatic rings. The molecule has 4 rings (SSSR count). The Bertz CT molecular complexity index is 1140. The summed E-state index contributed by atoms with van der Waals surface area (Å²) in [7, 11) is 0. The number of anilines is 1. The molecular formula is C22H25ClFN5O2S. The number of nitrogens with zero attached hydrogens (tertiary/aromatic N) is 5. The van der Waals surface area contributed by atoms with Crippen molar-refractivity contribution in [2.75, 3.05) is 37.0 Å². The minimum Gasteiger partial charge on any atom is -0.378 e. The number of hydrogen-bond acceptors (Lipinski definition) is 6. The van der Waals surface area contributed by atoms with E-state index in [2.05, 4.69) is 15.1 Å². The van der Waals surface area contributed by atoms with Crippen molar-refractivity contribution in [2.45, 2.75) is 32.5 Å². The van der Waals surface area contributed by atoms with Crippen molar-refractivity contribution in [1.29, 1.82) is 0 Å². The zero-order valence-corrected chi connectivity index (χ0v) is 19.8. The van der Waals surface area contributed by atoms with E-state index in [1.165, 1.54) is 17.8 Å². The number of Topliss-reactive ketones (excluding diaryl/α,β-unsaturated/α-hetero) is 1. The second-order valence-electron chi connectivity index (χ2n) is 7.56. The Morgan fingerprint density at radius 1 is 1.22 bits per heavy atom. The largest absolute Gasteiger partial charge is 0.378 e. The van der Waals surface area contributed by atoms with Crippen molar-refractivity contribution in [3.63, 3.8) is 0 Å². The van der Waals surface area contributed by atoms with E-state index in [4.69, 9.17) is 16.3 Å². The van der Waals surface area contributed by atoms with Crippen LogP contribution in [0.1, 0.15) is 28.7 Å². The van der Waals surface area contributed by atoms with Crippen molar-refractivity contribution < 1.29 is 13.9 Å². The van der Waals surface area contributed by atoms with E-state index in [0.29, 0.717) is 18.8 Å². The number of ether oxygens (including phenoxy) is 1. The molecule has 0 amide bonds. The van der Waals surface area contributed by atoms with E-state index in [0.717, 1.165) is 47.8 Å². The molecule has 3 heterocycles. The van der Waals surface area contributed by atoms with Gasteiger partial charge in [-0.05, 0) is 45.0 Å². The molecule has 1 saturated heterocycles. The molecular weight excluding hydrogens is 453 g/mol. The molecule has 3 aromatic rings. The summed E-state index contributed by atoms with van der Waals surface area (Å²) in [5, 5.41) is 9.45.